The summed E-state index contributed by atoms with van der Waals surface area (Å²) in [4.78, 5) is 0. The van der Waals surface area contributed by atoms with Gasteiger partial charge in [-0.3, -0.25) is 0 Å². The van der Waals surface area contributed by atoms with Gasteiger partial charge >= 0.3 is 109 Å². The maximum absolute atomic E-state index is 12.5. The zero-order valence-electron chi connectivity index (χ0n) is 8.91. The molecule has 0 nitrogen and oxygen atoms in total. The molecule has 0 saturated carbocycles. The van der Waals surface area contributed by atoms with E-state index in [-0.39, 0.29) is 0 Å². The predicted octanol–water partition coefficient (Wildman–Crippen LogP) is 3.85. The molecule has 0 aliphatic heterocycles. The SMILES string of the molecule is [Li][C](F)(F)C(F)(F)C(F)(F)C(F)(F)C(F)(F)C(F)(F)F. The van der Waals surface area contributed by atoms with Crippen molar-refractivity contribution in [3.8, 4) is 0 Å². The molecule has 0 aromatic rings. The number of halogens is 13. The molecule has 0 bridgehead atoms. The van der Waals surface area contributed by atoms with Gasteiger partial charge in [-0.2, -0.15) is 0 Å². The first kappa shape index (κ1) is 19.7. The summed E-state index contributed by atoms with van der Waals surface area (Å²) in [6.07, 6.45) is -7.36. The molecule has 0 aromatic heterocycles. The van der Waals surface area contributed by atoms with Crippen molar-refractivity contribution < 1.29 is 57.1 Å². The van der Waals surface area contributed by atoms with E-state index in [4.69, 9.17) is 0 Å². The van der Waals surface area contributed by atoms with E-state index in [1.807, 2.05) is 0 Å². The van der Waals surface area contributed by atoms with E-state index in [2.05, 4.69) is 0 Å². The summed E-state index contributed by atoms with van der Waals surface area (Å²) in [5, 5.41) is 0. The molecule has 14 heteroatoms. The van der Waals surface area contributed by atoms with Gasteiger partial charge in [0.2, 0.25) is 0 Å². The second kappa shape index (κ2) is 4.59. The minimum atomic E-state index is -7.80. The van der Waals surface area contributed by atoms with Crippen molar-refractivity contribution in [2.45, 2.75) is 34.5 Å². The summed E-state index contributed by atoms with van der Waals surface area (Å²) < 4.78 is 152. The molecule has 0 fully saturated rings. The molecule has 0 N–H and O–H groups in total. The average molecular weight is 326 g/mol. The van der Waals surface area contributed by atoms with E-state index in [9.17, 15) is 57.1 Å². The number of hydrogen-bond acceptors (Lipinski definition) is 0. The number of hydrogen-bond donors (Lipinski definition) is 0. The van der Waals surface area contributed by atoms with Crippen molar-refractivity contribution in [3.63, 3.8) is 0 Å². The van der Waals surface area contributed by atoms with Crippen molar-refractivity contribution in [2.75, 3.05) is 0 Å². The van der Waals surface area contributed by atoms with Gasteiger partial charge < -0.3 is 0 Å². The molecule has 0 unspecified atom stereocenters. The van der Waals surface area contributed by atoms with Crippen molar-refractivity contribution in [1.82, 2.24) is 0 Å². The molecule has 0 aliphatic rings. The van der Waals surface area contributed by atoms with E-state index in [0.29, 0.717) is 0 Å². The number of rotatable bonds is 4. The van der Waals surface area contributed by atoms with E-state index in [1.165, 1.54) is 0 Å². The van der Waals surface area contributed by atoms with Gasteiger partial charge in [-0.1, -0.05) is 0 Å². The predicted molar refractivity (Wildman–Crippen MR) is 36.5 cm³/mol. The van der Waals surface area contributed by atoms with Crippen molar-refractivity contribution in [1.29, 1.82) is 0 Å². The summed E-state index contributed by atoms with van der Waals surface area (Å²) in [6, 6.07) is 0. The van der Waals surface area contributed by atoms with Gasteiger partial charge in [0.15, 0.2) is 0 Å². The molecule has 0 radical (unpaired) electrons. The Balaban J connectivity index is 6.08. The molecule has 0 spiro atoms. The van der Waals surface area contributed by atoms with Gasteiger partial charge in [0, 0.05) is 0 Å². The monoisotopic (exact) mass is 326 g/mol. The van der Waals surface area contributed by atoms with Crippen molar-refractivity contribution >= 4 is 17.7 Å². The standard InChI is InChI=1S/C6F13.Li/c7-1(8)2(9,10)3(11,12)4(13,14)5(15,16)6(17,18)19;. The van der Waals surface area contributed by atoms with Crippen LogP contribution >= 0.6 is 0 Å². The van der Waals surface area contributed by atoms with E-state index in [0.717, 1.165) is 0 Å². The molecule has 0 heterocycles. The molecule has 0 aromatic carbocycles. The van der Waals surface area contributed by atoms with Crippen LogP contribution in [0.3, 0.4) is 0 Å². The third kappa shape index (κ3) is 2.47. The fraction of sp³-hybridized carbons (Fsp3) is 1.00. The van der Waals surface area contributed by atoms with Crippen LogP contribution in [0.1, 0.15) is 0 Å². The average Bonchev–Trinajstić information content (AvgIpc) is 2.12. The van der Waals surface area contributed by atoms with Gasteiger partial charge in [-0.25, -0.2) is 0 Å². The first-order valence-corrected chi connectivity index (χ1v) is 4.21. The molecular weight excluding hydrogens is 326 g/mol. The van der Waals surface area contributed by atoms with Crippen LogP contribution in [-0.4, -0.2) is 52.2 Å². The molecule has 0 aliphatic carbocycles. The van der Waals surface area contributed by atoms with E-state index >= 15 is 0 Å². The van der Waals surface area contributed by atoms with Gasteiger partial charge in [0.25, 0.3) is 0 Å². The Morgan fingerprint density at radius 2 is 0.650 bits per heavy atom. The second-order valence-corrected chi connectivity index (χ2v) is 3.68. The fourth-order valence-corrected chi connectivity index (χ4v) is 0.848. The summed E-state index contributed by atoms with van der Waals surface area (Å²) in [6.45, 7) is 0. The first-order chi connectivity index (χ1) is 8.25. The van der Waals surface area contributed by atoms with Crippen LogP contribution in [-0.2, 0) is 0 Å². The number of alkyl halides is 13. The minimum absolute atomic E-state index is 1.04. The van der Waals surface area contributed by atoms with Gasteiger partial charge in [-0.15, -0.1) is 0 Å². The zero-order chi connectivity index (χ0) is 17.0. The van der Waals surface area contributed by atoms with E-state index in [1.54, 1.807) is 0 Å². The summed E-state index contributed by atoms with van der Waals surface area (Å²) in [5.74, 6) is -30.3. The van der Waals surface area contributed by atoms with Crippen LogP contribution in [0.25, 0.3) is 0 Å². The van der Waals surface area contributed by atoms with Crippen LogP contribution in [0.4, 0.5) is 57.1 Å². The van der Waals surface area contributed by atoms with Crippen LogP contribution in [0, 0.1) is 0 Å². The Morgan fingerprint density at radius 3 is 0.850 bits per heavy atom. The summed E-state index contributed by atoms with van der Waals surface area (Å²) >= 11 is -1.04. The third-order valence-corrected chi connectivity index (χ3v) is 2.09. The van der Waals surface area contributed by atoms with Gasteiger partial charge in [-0.05, 0) is 0 Å². The zero-order valence-corrected chi connectivity index (χ0v) is 8.91. The Kier molecular flexibility index (Phi) is 4.52. The Hall–Kier alpha value is -0.313. The van der Waals surface area contributed by atoms with Crippen LogP contribution in [0.15, 0.2) is 0 Å². The van der Waals surface area contributed by atoms with Crippen LogP contribution < -0.4 is 0 Å². The molecular formula is C6F13Li. The Labute approximate surface area is 110 Å². The summed E-state index contributed by atoms with van der Waals surface area (Å²) in [7, 11) is 0. The molecule has 0 atom stereocenters. The summed E-state index contributed by atoms with van der Waals surface area (Å²) in [5.41, 5.74) is 0. The quantitative estimate of drug-likeness (QED) is 0.544. The Morgan fingerprint density at radius 1 is 0.400 bits per heavy atom. The third-order valence-electron chi connectivity index (χ3n) is 2.09. The van der Waals surface area contributed by atoms with Crippen LogP contribution in [0.2, 0.25) is 0 Å². The molecule has 0 amide bonds. The topological polar surface area (TPSA) is 0 Å². The second-order valence-electron chi connectivity index (χ2n) is 3.68. The maximum atomic E-state index is 12.5. The molecule has 0 saturated heterocycles. The van der Waals surface area contributed by atoms with Crippen LogP contribution in [0.5, 0.6) is 0 Å². The fourth-order valence-electron chi connectivity index (χ4n) is 0.848. The molecule has 116 valence electrons. The molecule has 20 heavy (non-hydrogen) atoms. The normalized spacial score (nSPS) is 16.6. The van der Waals surface area contributed by atoms with E-state index < -0.39 is 52.2 Å². The Bertz CT molecular complexity index is 324. The van der Waals surface area contributed by atoms with Gasteiger partial charge in [0.1, 0.15) is 0 Å². The van der Waals surface area contributed by atoms with Crippen molar-refractivity contribution in [2.24, 2.45) is 0 Å². The molecule has 0 rings (SSSR count). The van der Waals surface area contributed by atoms with Crippen molar-refractivity contribution in [3.05, 3.63) is 0 Å². The first-order valence-electron chi connectivity index (χ1n) is 4.21. The van der Waals surface area contributed by atoms with Gasteiger partial charge in [0.05, 0.1) is 0 Å².